The quantitative estimate of drug-likeness (QED) is 0.0374. The third-order valence-corrected chi connectivity index (χ3v) is 14.0. The van der Waals surface area contributed by atoms with Crippen molar-refractivity contribution in [3.8, 4) is 0 Å². The lowest BCUT2D eigenvalue weighted by molar-refractivity contribution is -0.161. The maximum absolute atomic E-state index is 12.3. The number of hydrogen-bond donors (Lipinski definition) is 1. The summed E-state index contributed by atoms with van der Waals surface area (Å²) in [5, 5.41) is 9.65. The lowest BCUT2D eigenvalue weighted by Crippen LogP contribution is -2.28. The number of rotatable bonds is 57. The smallest absolute Gasteiger partial charge is 0.306 e. The van der Waals surface area contributed by atoms with Crippen molar-refractivity contribution >= 4 is 11.9 Å². The van der Waals surface area contributed by atoms with E-state index in [-0.39, 0.29) is 25.2 Å². The van der Waals surface area contributed by atoms with Gasteiger partial charge in [0, 0.05) is 12.8 Å². The molecule has 0 aromatic carbocycles. The van der Waals surface area contributed by atoms with Crippen molar-refractivity contribution in [3.63, 3.8) is 0 Å². The van der Waals surface area contributed by atoms with Crippen LogP contribution in [0.5, 0.6) is 0 Å². The molecule has 0 heterocycles. The van der Waals surface area contributed by atoms with E-state index in [1.54, 1.807) is 0 Å². The number of unbranched alkanes of at least 4 members (excludes halogenated alkanes) is 45. The van der Waals surface area contributed by atoms with Gasteiger partial charge in [0.25, 0.3) is 0 Å². The molecule has 1 unspecified atom stereocenters. The van der Waals surface area contributed by atoms with Crippen LogP contribution >= 0.6 is 0 Å². The molecule has 1 N–H and O–H groups in total. The second-order valence-electron chi connectivity index (χ2n) is 20.8. The van der Waals surface area contributed by atoms with E-state index in [2.05, 4.69) is 38.2 Å². The first-order valence-corrected chi connectivity index (χ1v) is 30.4. The van der Waals surface area contributed by atoms with E-state index in [0.29, 0.717) is 12.8 Å². The SMILES string of the molecule is CCCCCC/C=C\C/C=C\CCCCCCCCCC(=O)OC(CO)COC(=O)CCCCCCCCCCCCCCCCCCCCCCCCCCCCCCCCCCCCC. The van der Waals surface area contributed by atoms with Crippen molar-refractivity contribution in [2.75, 3.05) is 13.2 Å². The Morgan fingerprint density at radius 3 is 0.896 bits per heavy atom. The zero-order valence-electron chi connectivity index (χ0n) is 45.4. The number of ether oxygens (including phenoxy) is 2. The molecule has 0 aromatic heterocycles. The average molecular weight is 944 g/mol. The third kappa shape index (κ3) is 56.9. The van der Waals surface area contributed by atoms with Crippen LogP contribution in [-0.2, 0) is 19.1 Å². The molecule has 5 heteroatoms. The van der Waals surface area contributed by atoms with E-state index >= 15 is 0 Å². The first-order valence-electron chi connectivity index (χ1n) is 30.4. The number of aliphatic hydroxyl groups excluding tert-OH is 1. The first kappa shape index (κ1) is 65.4. The Hall–Kier alpha value is -1.62. The molecule has 0 aliphatic heterocycles. The van der Waals surface area contributed by atoms with Crippen molar-refractivity contribution in [2.24, 2.45) is 0 Å². The van der Waals surface area contributed by atoms with Gasteiger partial charge in [-0.15, -0.1) is 0 Å². The number of allylic oxidation sites excluding steroid dienone is 4. The largest absolute Gasteiger partial charge is 0.462 e. The Morgan fingerprint density at radius 2 is 0.597 bits per heavy atom. The normalized spacial score (nSPS) is 12.2. The molecule has 0 fully saturated rings. The minimum Gasteiger partial charge on any atom is -0.462 e. The van der Waals surface area contributed by atoms with Gasteiger partial charge in [-0.3, -0.25) is 9.59 Å². The first-order chi connectivity index (χ1) is 33.1. The van der Waals surface area contributed by atoms with Gasteiger partial charge in [0.05, 0.1) is 6.61 Å². The predicted octanol–water partition coefficient (Wildman–Crippen LogP) is 20.5. The lowest BCUT2D eigenvalue weighted by Gasteiger charge is -2.15. The van der Waals surface area contributed by atoms with Crippen LogP contribution in [-0.4, -0.2) is 36.4 Å². The van der Waals surface area contributed by atoms with E-state index in [4.69, 9.17) is 9.47 Å². The van der Waals surface area contributed by atoms with E-state index in [1.165, 1.54) is 270 Å². The number of hydrogen-bond acceptors (Lipinski definition) is 5. The van der Waals surface area contributed by atoms with Crippen LogP contribution in [0.4, 0.5) is 0 Å². The molecule has 0 bridgehead atoms. The number of carbonyl (C=O) groups excluding carboxylic acids is 2. The fraction of sp³-hybridized carbons (Fsp3) is 0.903. The molecule has 0 amide bonds. The van der Waals surface area contributed by atoms with Crippen LogP contribution in [0.3, 0.4) is 0 Å². The van der Waals surface area contributed by atoms with Gasteiger partial charge < -0.3 is 14.6 Å². The fourth-order valence-electron chi connectivity index (χ4n) is 9.41. The van der Waals surface area contributed by atoms with E-state index in [0.717, 1.165) is 44.9 Å². The van der Waals surface area contributed by atoms with Crippen LogP contribution in [0.2, 0.25) is 0 Å². The highest BCUT2D eigenvalue weighted by Gasteiger charge is 2.16. The summed E-state index contributed by atoms with van der Waals surface area (Å²) >= 11 is 0. The Balaban J connectivity index is 3.37. The molecule has 67 heavy (non-hydrogen) atoms. The van der Waals surface area contributed by atoms with Gasteiger partial charge >= 0.3 is 11.9 Å². The molecule has 0 aliphatic rings. The Bertz CT molecular complexity index is 1020. The van der Waals surface area contributed by atoms with Crippen LogP contribution in [0.1, 0.15) is 341 Å². The molecule has 1 atom stereocenters. The van der Waals surface area contributed by atoms with Gasteiger partial charge in [0.15, 0.2) is 6.10 Å². The van der Waals surface area contributed by atoms with Crippen molar-refractivity contribution in [1.29, 1.82) is 0 Å². The Morgan fingerprint density at radius 1 is 0.343 bits per heavy atom. The number of esters is 2. The standard InChI is InChI=1S/C62H118O5/c1-3-5-7-9-11-13-15-17-19-21-23-24-25-26-27-28-29-30-31-32-33-34-35-36-37-38-39-41-42-44-46-48-50-52-54-56-61(64)66-59-60(58-63)67-62(65)57-55-53-51-49-47-45-43-40-22-20-18-16-14-12-10-8-6-4-2/h14,16,20,22,60,63H,3-13,15,17-19,21,23-59H2,1-2H3/b16-14-,22-20-. The maximum atomic E-state index is 12.3. The second-order valence-corrected chi connectivity index (χ2v) is 20.8. The fourth-order valence-corrected chi connectivity index (χ4v) is 9.41. The molecule has 0 saturated carbocycles. The molecule has 0 aliphatic carbocycles. The molecule has 0 aromatic rings. The summed E-state index contributed by atoms with van der Waals surface area (Å²) in [6.45, 7) is 4.17. The average Bonchev–Trinajstić information content (AvgIpc) is 3.33. The molecule has 0 spiro atoms. The molecular formula is C62H118O5. The van der Waals surface area contributed by atoms with Gasteiger partial charge in [0.1, 0.15) is 6.61 Å². The van der Waals surface area contributed by atoms with Crippen LogP contribution in [0.25, 0.3) is 0 Å². The van der Waals surface area contributed by atoms with Crippen LogP contribution in [0.15, 0.2) is 24.3 Å². The van der Waals surface area contributed by atoms with E-state index < -0.39 is 6.10 Å². The van der Waals surface area contributed by atoms with Gasteiger partial charge in [0.2, 0.25) is 0 Å². The van der Waals surface area contributed by atoms with Crippen molar-refractivity contribution < 1.29 is 24.2 Å². The third-order valence-electron chi connectivity index (χ3n) is 14.0. The van der Waals surface area contributed by atoms with Crippen molar-refractivity contribution in [2.45, 2.75) is 347 Å². The molecule has 0 rings (SSSR count). The molecule has 5 nitrogen and oxygen atoms in total. The summed E-state index contributed by atoms with van der Waals surface area (Å²) in [4.78, 5) is 24.5. The van der Waals surface area contributed by atoms with E-state index in [1.807, 2.05) is 0 Å². The topological polar surface area (TPSA) is 72.8 Å². The summed E-state index contributed by atoms with van der Waals surface area (Å²) in [5.74, 6) is -0.581. The minimum atomic E-state index is -0.773. The van der Waals surface area contributed by atoms with Gasteiger partial charge in [-0.05, 0) is 44.9 Å². The monoisotopic (exact) mass is 943 g/mol. The predicted molar refractivity (Wildman–Crippen MR) is 293 cm³/mol. The van der Waals surface area contributed by atoms with Crippen molar-refractivity contribution in [3.05, 3.63) is 24.3 Å². The van der Waals surface area contributed by atoms with Gasteiger partial charge in [-0.2, -0.15) is 0 Å². The molecule has 396 valence electrons. The summed E-state index contributed by atoms with van der Waals surface area (Å²) < 4.78 is 10.7. The number of aliphatic hydroxyl groups is 1. The summed E-state index contributed by atoms with van der Waals surface area (Å²) in [6.07, 6.45) is 74.7. The highest BCUT2D eigenvalue weighted by atomic mass is 16.6. The summed E-state index contributed by atoms with van der Waals surface area (Å²) in [7, 11) is 0. The Kier molecular flexibility index (Phi) is 57.3. The van der Waals surface area contributed by atoms with Gasteiger partial charge in [-0.25, -0.2) is 0 Å². The summed E-state index contributed by atoms with van der Waals surface area (Å²) in [6, 6.07) is 0. The van der Waals surface area contributed by atoms with Crippen LogP contribution < -0.4 is 0 Å². The molecular weight excluding hydrogens is 825 g/mol. The zero-order valence-corrected chi connectivity index (χ0v) is 45.4. The highest BCUT2D eigenvalue weighted by molar-refractivity contribution is 5.70. The molecule has 0 saturated heterocycles. The van der Waals surface area contributed by atoms with E-state index in [9.17, 15) is 14.7 Å². The highest BCUT2D eigenvalue weighted by Crippen LogP contribution is 2.18. The summed E-state index contributed by atoms with van der Waals surface area (Å²) in [5.41, 5.74) is 0. The van der Waals surface area contributed by atoms with Crippen molar-refractivity contribution in [1.82, 2.24) is 0 Å². The lowest BCUT2D eigenvalue weighted by atomic mass is 10.0. The minimum absolute atomic E-state index is 0.0637. The maximum Gasteiger partial charge on any atom is 0.306 e. The number of carbonyl (C=O) groups is 2. The van der Waals surface area contributed by atoms with Crippen LogP contribution in [0, 0.1) is 0 Å². The van der Waals surface area contributed by atoms with Gasteiger partial charge in [-0.1, -0.05) is 308 Å². The zero-order chi connectivity index (χ0) is 48.5. The second kappa shape index (κ2) is 58.7. The Labute approximate surface area is 419 Å². The molecule has 0 radical (unpaired) electrons.